The van der Waals surface area contributed by atoms with E-state index in [0.717, 1.165) is 22.2 Å². The first kappa shape index (κ1) is 14.6. The average Bonchev–Trinajstić information content (AvgIpc) is 2.64. The third-order valence-corrected chi connectivity index (χ3v) is 3.58. The number of benzene rings is 1. The van der Waals surface area contributed by atoms with Gasteiger partial charge in [-0.2, -0.15) is 0 Å². The van der Waals surface area contributed by atoms with Crippen LogP contribution in [0.15, 0.2) is 18.2 Å². The second kappa shape index (κ2) is 4.94. The summed E-state index contributed by atoms with van der Waals surface area (Å²) in [6, 6.07) is 5.43. The lowest BCUT2D eigenvalue weighted by Gasteiger charge is -2.22. The van der Waals surface area contributed by atoms with Gasteiger partial charge < -0.3 is 14.8 Å². The zero-order valence-corrected chi connectivity index (χ0v) is 12.4. The van der Waals surface area contributed by atoms with Gasteiger partial charge in [-0.3, -0.25) is 0 Å². The van der Waals surface area contributed by atoms with E-state index in [0.29, 0.717) is 12.1 Å². The number of aromatic carboxylic acids is 1. The molecule has 0 bridgehead atoms. The third kappa shape index (κ3) is 2.43. The van der Waals surface area contributed by atoms with Crippen molar-refractivity contribution in [3.63, 3.8) is 0 Å². The van der Waals surface area contributed by atoms with Crippen molar-refractivity contribution in [1.82, 2.24) is 4.57 Å². The summed E-state index contributed by atoms with van der Waals surface area (Å²) in [5, 5.41) is 19.4. The largest absolute Gasteiger partial charge is 0.478 e. The van der Waals surface area contributed by atoms with Gasteiger partial charge in [-0.25, -0.2) is 4.79 Å². The van der Waals surface area contributed by atoms with Crippen molar-refractivity contribution in [2.45, 2.75) is 39.7 Å². The Labute approximate surface area is 118 Å². The number of aliphatic hydroxyl groups is 1. The Morgan fingerprint density at radius 1 is 1.25 bits per heavy atom. The number of carbonyl (C=O) groups is 1. The third-order valence-electron chi connectivity index (χ3n) is 3.58. The Morgan fingerprint density at radius 2 is 1.90 bits per heavy atom. The first-order chi connectivity index (χ1) is 9.25. The first-order valence-electron chi connectivity index (χ1n) is 6.74. The molecule has 108 valence electrons. The molecule has 20 heavy (non-hydrogen) atoms. The molecule has 0 radical (unpaired) electrons. The summed E-state index contributed by atoms with van der Waals surface area (Å²) in [5.74, 6) is -0.912. The van der Waals surface area contributed by atoms with E-state index in [9.17, 15) is 15.0 Å². The number of carboxylic acids is 1. The van der Waals surface area contributed by atoms with Gasteiger partial charge in [0.05, 0.1) is 17.7 Å². The minimum Gasteiger partial charge on any atom is -0.478 e. The minimum atomic E-state index is -0.912. The molecule has 0 aliphatic heterocycles. The molecule has 0 unspecified atom stereocenters. The molecule has 2 rings (SSSR count). The SMILES string of the molecule is Cc1cc2cc(C(=O)O)cc(C(C)(C)C)c2n1CCO. The number of aryl methyl sites for hydroxylation is 1. The smallest absolute Gasteiger partial charge is 0.335 e. The van der Waals surface area contributed by atoms with E-state index < -0.39 is 5.97 Å². The fourth-order valence-corrected chi connectivity index (χ4v) is 2.63. The zero-order chi connectivity index (χ0) is 15.1. The molecule has 0 spiro atoms. The second-order valence-corrected chi connectivity index (χ2v) is 6.18. The maximum absolute atomic E-state index is 11.3. The highest BCUT2D eigenvalue weighted by Gasteiger charge is 2.22. The normalized spacial score (nSPS) is 12.1. The number of carboxylic acid groups (broad SMARTS) is 1. The summed E-state index contributed by atoms with van der Waals surface area (Å²) in [6.07, 6.45) is 0. The van der Waals surface area contributed by atoms with Crippen LogP contribution >= 0.6 is 0 Å². The Balaban J connectivity index is 2.86. The molecule has 0 aliphatic carbocycles. The van der Waals surface area contributed by atoms with Gasteiger partial charge in [0.25, 0.3) is 0 Å². The molecule has 1 aromatic carbocycles. The predicted molar refractivity (Wildman–Crippen MR) is 79.4 cm³/mol. The summed E-state index contributed by atoms with van der Waals surface area (Å²) in [5.41, 5.74) is 3.19. The highest BCUT2D eigenvalue weighted by molar-refractivity contribution is 5.96. The van der Waals surface area contributed by atoms with Crippen LogP contribution in [0.5, 0.6) is 0 Å². The van der Waals surface area contributed by atoms with Gasteiger partial charge in [0.15, 0.2) is 0 Å². The minimum absolute atomic E-state index is 0.0644. The van der Waals surface area contributed by atoms with Gasteiger partial charge in [-0.1, -0.05) is 20.8 Å². The standard InChI is InChI=1S/C16H21NO3/c1-10-7-11-8-12(15(19)20)9-13(16(2,3)4)14(11)17(10)5-6-18/h7-9,18H,5-6H2,1-4H3,(H,19,20). The van der Waals surface area contributed by atoms with Gasteiger partial charge in [-0.15, -0.1) is 0 Å². The van der Waals surface area contributed by atoms with Crippen molar-refractivity contribution in [3.05, 3.63) is 35.0 Å². The number of hydrogen-bond donors (Lipinski definition) is 2. The number of nitrogens with zero attached hydrogens (tertiary/aromatic N) is 1. The summed E-state index contributed by atoms with van der Waals surface area (Å²) < 4.78 is 2.06. The van der Waals surface area contributed by atoms with Crippen molar-refractivity contribution in [2.75, 3.05) is 6.61 Å². The zero-order valence-electron chi connectivity index (χ0n) is 12.4. The van der Waals surface area contributed by atoms with E-state index >= 15 is 0 Å². The monoisotopic (exact) mass is 275 g/mol. The maximum atomic E-state index is 11.3. The number of aromatic nitrogens is 1. The van der Waals surface area contributed by atoms with Crippen LogP contribution in [0, 0.1) is 6.92 Å². The lowest BCUT2D eigenvalue weighted by Crippen LogP contribution is -2.16. The summed E-state index contributed by atoms with van der Waals surface area (Å²) in [4.78, 5) is 11.3. The first-order valence-corrected chi connectivity index (χ1v) is 6.74. The Bertz CT molecular complexity index is 662. The van der Waals surface area contributed by atoms with E-state index in [1.54, 1.807) is 12.1 Å². The van der Waals surface area contributed by atoms with Gasteiger partial charge in [0, 0.05) is 17.6 Å². The molecule has 1 aromatic heterocycles. The molecule has 2 N–H and O–H groups in total. The molecule has 4 heteroatoms. The van der Waals surface area contributed by atoms with Crippen LogP contribution in [0.2, 0.25) is 0 Å². The fourth-order valence-electron chi connectivity index (χ4n) is 2.63. The summed E-state index contributed by atoms with van der Waals surface area (Å²) >= 11 is 0. The summed E-state index contributed by atoms with van der Waals surface area (Å²) in [7, 11) is 0. The fraction of sp³-hybridized carbons (Fsp3) is 0.438. The van der Waals surface area contributed by atoms with E-state index in [-0.39, 0.29) is 12.0 Å². The predicted octanol–water partition coefficient (Wildman–Crippen LogP) is 2.94. The molecule has 0 fully saturated rings. The lowest BCUT2D eigenvalue weighted by atomic mass is 9.84. The van der Waals surface area contributed by atoms with Gasteiger partial charge in [0.2, 0.25) is 0 Å². The average molecular weight is 275 g/mol. The number of aliphatic hydroxyl groups excluding tert-OH is 1. The van der Waals surface area contributed by atoms with Crippen LogP contribution in [0.25, 0.3) is 10.9 Å². The van der Waals surface area contributed by atoms with Gasteiger partial charge >= 0.3 is 5.97 Å². The molecule has 4 nitrogen and oxygen atoms in total. The van der Waals surface area contributed by atoms with Crippen molar-refractivity contribution in [3.8, 4) is 0 Å². The summed E-state index contributed by atoms with van der Waals surface area (Å²) in [6.45, 7) is 8.76. The molecule has 1 heterocycles. The molecule has 0 aliphatic rings. The molecule has 0 atom stereocenters. The van der Waals surface area contributed by atoms with Crippen molar-refractivity contribution in [1.29, 1.82) is 0 Å². The molecule has 0 saturated carbocycles. The van der Waals surface area contributed by atoms with Gasteiger partial charge in [-0.05, 0) is 36.1 Å². The van der Waals surface area contributed by atoms with Crippen LogP contribution in [-0.2, 0) is 12.0 Å². The topological polar surface area (TPSA) is 62.5 Å². The second-order valence-electron chi connectivity index (χ2n) is 6.18. The van der Waals surface area contributed by atoms with Crippen molar-refractivity contribution in [2.24, 2.45) is 0 Å². The van der Waals surface area contributed by atoms with Crippen LogP contribution in [-0.4, -0.2) is 27.4 Å². The van der Waals surface area contributed by atoms with E-state index in [1.807, 2.05) is 13.0 Å². The van der Waals surface area contributed by atoms with Crippen LogP contribution < -0.4 is 0 Å². The highest BCUT2D eigenvalue weighted by atomic mass is 16.4. The van der Waals surface area contributed by atoms with Crippen LogP contribution in [0.3, 0.4) is 0 Å². The molecular formula is C16H21NO3. The molecular weight excluding hydrogens is 254 g/mol. The van der Waals surface area contributed by atoms with Crippen LogP contribution in [0.1, 0.15) is 42.4 Å². The van der Waals surface area contributed by atoms with Crippen molar-refractivity contribution >= 4 is 16.9 Å². The van der Waals surface area contributed by atoms with E-state index in [1.165, 1.54) is 0 Å². The number of fused-ring (bicyclic) bond motifs is 1. The van der Waals surface area contributed by atoms with E-state index in [4.69, 9.17) is 0 Å². The maximum Gasteiger partial charge on any atom is 0.335 e. The van der Waals surface area contributed by atoms with Gasteiger partial charge in [0.1, 0.15) is 0 Å². The van der Waals surface area contributed by atoms with Crippen molar-refractivity contribution < 1.29 is 15.0 Å². The Kier molecular flexibility index (Phi) is 3.61. The Hall–Kier alpha value is -1.81. The molecule has 2 aromatic rings. The number of hydrogen-bond acceptors (Lipinski definition) is 2. The number of rotatable bonds is 3. The van der Waals surface area contributed by atoms with Crippen LogP contribution in [0.4, 0.5) is 0 Å². The van der Waals surface area contributed by atoms with E-state index in [2.05, 4.69) is 25.3 Å². The highest BCUT2D eigenvalue weighted by Crippen LogP contribution is 2.33. The quantitative estimate of drug-likeness (QED) is 0.905. The molecule has 0 saturated heterocycles. The Morgan fingerprint density at radius 3 is 2.40 bits per heavy atom. The lowest BCUT2D eigenvalue weighted by molar-refractivity contribution is 0.0697. The molecule has 0 amide bonds.